The summed E-state index contributed by atoms with van der Waals surface area (Å²) in [5, 5.41) is 14.4. The second-order valence-electron chi connectivity index (χ2n) is 4.96. The molecule has 0 aliphatic rings. The Morgan fingerprint density at radius 2 is 2.05 bits per heavy atom. The summed E-state index contributed by atoms with van der Waals surface area (Å²) in [6.07, 6.45) is 0.326. The van der Waals surface area contributed by atoms with E-state index in [9.17, 15) is 9.59 Å². The van der Waals surface area contributed by atoms with Crippen LogP contribution >= 0.6 is 27.5 Å². The number of halogens is 2. The van der Waals surface area contributed by atoms with Crippen molar-refractivity contribution in [3.63, 3.8) is 0 Å². The molecule has 0 atom stereocenters. The number of amides is 2. The fourth-order valence-electron chi connectivity index (χ4n) is 1.54. The van der Waals surface area contributed by atoms with Crippen molar-refractivity contribution in [2.24, 2.45) is 0 Å². The molecule has 0 aliphatic carbocycles. The molecule has 5 nitrogen and oxygen atoms in total. The molecule has 1 rings (SSSR count). The standard InChI is InChI=1S/C13H16BrClN2O3/c1-13(2,7-6-10(18)19)17-12(20)16-9-5-3-4-8(14)11(9)15/h3-5H,6-7H2,1-2H3,(H,18,19)(H2,16,17,20). The highest BCUT2D eigenvalue weighted by Crippen LogP contribution is 2.29. The molecule has 0 unspecified atom stereocenters. The van der Waals surface area contributed by atoms with Gasteiger partial charge in [0.05, 0.1) is 10.7 Å². The zero-order chi connectivity index (χ0) is 15.3. The first-order chi connectivity index (χ1) is 9.21. The minimum atomic E-state index is -0.893. The van der Waals surface area contributed by atoms with Gasteiger partial charge >= 0.3 is 12.0 Å². The molecule has 0 radical (unpaired) electrons. The van der Waals surface area contributed by atoms with Gasteiger partial charge in [0.2, 0.25) is 0 Å². The van der Waals surface area contributed by atoms with Gasteiger partial charge in [-0.15, -0.1) is 0 Å². The Morgan fingerprint density at radius 1 is 1.40 bits per heavy atom. The Bertz CT molecular complexity index is 520. The molecule has 0 spiro atoms. The maximum Gasteiger partial charge on any atom is 0.319 e. The highest BCUT2D eigenvalue weighted by molar-refractivity contribution is 9.10. The number of carboxylic acids is 1. The normalized spacial score (nSPS) is 11.0. The van der Waals surface area contributed by atoms with Crippen LogP contribution in [0.4, 0.5) is 10.5 Å². The van der Waals surface area contributed by atoms with Gasteiger partial charge < -0.3 is 15.7 Å². The Kier molecular flexibility index (Phi) is 5.83. The minimum Gasteiger partial charge on any atom is -0.481 e. The van der Waals surface area contributed by atoms with Crippen molar-refractivity contribution in [2.45, 2.75) is 32.2 Å². The summed E-state index contributed by atoms with van der Waals surface area (Å²) in [6, 6.07) is 4.76. The fraction of sp³-hybridized carbons (Fsp3) is 0.385. The number of rotatable bonds is 5. The van der Waals surface area contributed by atoms with Gasteiger partial charge in [0.15, 0.2) is 0 Å². The van der Waals surface area contributed by atoms with E-state index in [1.165, 1.54) is 0 Å². The number of carboxylic acid groups (broad SMARTS) is 1. The summed E-state index contributed by atoms with van der Waals surface area (Å²) in [4.78, 5) is 22.4. The van der Waals surface area contributed by atoms with Crippen molar-refractivity contribution in [3.8, 4) is 0 Å². The van der Waals surface area contributed by atoms with E-state index >= 15 is 0 Å². The summed E-state index contributed by atoms with van der Waals surface area (Å²) >= 11 is 9.31. The van der Waals surface area contributed by atoms with E-state index in [0.717, 1.165) is 0 Å². The van der Waals surface area contributed by atoms with Crippen LogP contribution in [0.2, 0.25) is 5.02 Å². The molecule has 1 aromatic rings. The molecular formula is C13H16BrClN2O3. The molecule has 0 heterocycles. The van der Waals surface area contributed by atoms with Crippen LogP contribution in [0.5, 0.6) is 0 Å². The smallest absolute Gasteiger partial charge is 0.319 e. The number of urea groups is 1. The zero-order valence-corrected chi connectivity index (χ0v) is 13.5. The molecule has 20 heavy (non-hydrogen) atoms. The van der Waals surface area contributed by atoms with Crippen molar-refractivity contribution < 1.29 is 14.7 Å². The molecule has 0 aromatic heterocycles. The zero-order valence-electron chi connectivity index (χ0n) is 11.2. The van der Waals surface area contributed by atoms with Gasteiger partial charge in [-0.25, -0.2) is 4.79 Å². The lowest BCUT2D eigenvalue weighted by Gasteiger charge is -2.25. The van der Waals surface area contributed by atoms with Crippen molar-refractivity contribution in [2.75, 3.05) is 5.32 Å². The topological polar surface area (TPSA) is 78.4 Å². The van der Waals surface area contributed by atoms with Crippen molar-refractivity contribution >= 4 is 45.2 Å². The molecule has 2 amide bonds. The first kappa shape index (κ1) is 16.8. The minimum absolute atomic E-state index is 0.00901. The van der Waals surface area contributed by atoms with Crippen LogP contribution in [0.25, 0.3) is 0 Å². The molecule has 0 saturated heterocycles. The molecule has 0 bridgehead atoms. The molecule has 7 heteroatoms. The maximum absolute atomic E-state index is 11.9. The number of hydrogen-bond acceptors (Lipinski definition) is 2. The lowest BCUT2D eigenvalue weighted by molar-refractivity contribution is -0.137. The van der Waals surface area contributed by atoms with Crippen molar-refractivity contribution in [1.82, 2.24) is 5.32 Å². The highest BCUT2D eigenvalue weighted by atomic mass is 79.9. The van der Waals surface area contributed by atoms with Gasteiger partial charge in [-0.1, -0.05) is 17.7 Å². The Labute approximate surface area is 130 Å². The van der Waals surface area contributed by atoms with Gasteiger partial charge in [0.1, 0.15) is 0 Å². The number of carbonyl (C=O) groups is 2. The molecule has 110 valence electrons. The van der Waals surface area contributed by atoms with E-state index in [1.54, 1.807) is 32.0 Å². The molecule has 0 saturated carbocycles. The average molecular weight is 364 g/mol. The maximum atomic E-state index is 11.9. The number of benzene rings is 1. The lowest BCUT2D eigenvalue weighted by Crippen LogP contribution is -2.45. The van der Waals surface area contributed by atoms with E-state index in [-0.39, 0.29) is 6.42 Å². The van der Waals surface area contributed by atoms with Crippen LogP contribution in [0, 0.1) is 0 Å². The average Bonchev–Trinajstić information content (AvgIpc) is 2.32. The van der Waals surface area contributed by atoms with Gasteiger partial charge in [-0.3, -0.25) is 4.79 Å². The molecule has 3 N–H and O–H groups in total. The van der Waals surface area contributed by atoms with Crippen LogP contribution in [-0.2, 0) is 4.79 Å². The third-order valence-corrected chi connectivity index (χ3v) is 3.91. The molecule has 0 aliphatic heterocycles. The third-order valence-electron chi connectivity index (χ3n) is 2.62. The van der Waals surface area contributed by atoms with E-state index in [4.69, 9.17) is 16.7 Å². The fourth-order valence-corrected chi connectivity index (χ4v) is 2.08. The Balaban J connectivity index is 2.63. The first-order valence-electron chi connectivity index (χ1n) is 5.96. The van der Waals surface area contributed by atoms with Crippen LogP contribution in [-0.4, -0.2) is 22.6 Å². The molecule has 0 fully saturated rings. The Hall–Kier alpha value is -1.27. The van der Waals surface area contributed by atoms with Crippen molar-refractivity contribution in [3.05, 3.63) is 27.7 Å². The van der Waals surface area contributed by atoms with E-state index in [1.807, 2.05) is 0 Å². The van der Waals surface area contributed by atoms with Gasteiger partial charge in [-0.2, -0.15) is 0 Å². The largest absolute Gasteiger partial charge is 0.481 e. The molecule has 1 aromatic carbocycles. The first-order valence-corrected chi connectivity index (χ1v) is 7.13. The summed E-state index contributed by atoms with van der Waals surface area (Å²) in [5.41, 5.74) is -0.145. The van der Waals surface area contributed by atoms with Gasteiger partial charge in [0, 0.05) is 16.4 Å². The van der Waals surface area contributed by atoms with Gasteiger partial charge in [-0.05, 0) is 48.3 Å². The van der Waals surface area contributed by atoms with E-state index in [0.29, 0.717) is 21.6 Å². The summed E-state index contributed by atoms with van der Waals surface area (Å²) in [6.45, 7) is 3.52. The highest BCUT2D eigenvalue weighted by Gasteiger charge is 2.21. The summed E-state index contributed by atoms with van der Waals surface area (Å²) in [5.74, 6) is -0.893. The van der Waals surface area contributed by atoms with E-state index in [2.05, 4.69) is 26.6 Å². The molecular weight excluding hydrogens is 348 g/mol. The van der Waals surface area contributed by atoms with Crippen LogP contribution in [0.3, 0.4) is 0 Å². The summed E-state index contributed by atoms with van der Waals surface area (Å²) in [7, 11) is 0. The van der Waals surface area contributed by atoms with Gasteiger partial charge in [0.25, 0.3) is 0 Å². The number of hydrogen-bond donors (Lipinski definition) is 3. The second kappa shape index (κ2) is 6.95. The number of carbonyl (C=O) groups excluding carboxylic acids is 1. The number of nitrogens with one attached hydrogen (secondary N) is 2. The van der Waals surface area contributed by atoms with Crippen LogP contribution in [0.1, 0.15) is 26.7 Å². The predicted molar refractivity (Wildman–Crippen MR) is 82.3 cm³/mol. The quantitative estimate of drug-likeness (QED) is 0.743. The van der Waals surface area contributed by atoms with E-state index < -0.39 is 17.5 Å². The number of aliphatic carboxylic acids is 1. The lowest BCUT2D eigenvalue weighted by atomic mass is 9.99. The SMILES string of the molecule is CC(C)(CCC(=O)O)NC(=O)Nc1cccc(Br)c1Cl. The predicted octanol–water partition coefficient (Wildman–Crippen LogP) is 3.87. The van der Waals surface area contributed by atoms with Crippen molar-refractivity contribution in [1.29, 1.82) is 0 Å². The van der Waals surface area contributed by atoms with Crippen LogP contribution < -0.4 is 10.6 Å². The monoisotopic (exact) mass is 362 g/mol. The summed E-state index contributed by atoms with van der Waals surface area (Å²) < 4.78 is 0.683. The Morgan fingerprint density at radius 3 is 2.65 bits per heavy atom. The second-order valence-corrected chi connectivity index (χ2v) is 6.19. The third kappa shape index (κ3) is 5.38. The number of anilines is 1. The van der Waals surface area contributed by atoms with Crippen LogP contribution in [0.15, 0.2) is 22.7 Å².